The molecule has 0 unspecified atom stereocenters. The van der Waals surface area contributed by atoms with Crippen LogP contribution in [0.3, 0.4) is 0 Å². The predicted molar refractivity (Wildman–Crippen MR) is 87.5 cm³/mol. The first-order chi connectivity index (χ1) is 10.7. The molecular weight excluding hydrogens is 316 g/mol. The molecule has 0 bridgehead atoms. The van der Waals surface area contributed by atoms with Crippen LogP contribution in [0, 0.1) is 5.92 Å². The van der Waals surface area contributed by atoms with Crippen LogP contribution in [0.4, 0.5) is 4.79 Å². The number of likely N-dealkylation sites (tertiary alicyclic amines) is 1. The summed E-state index contributed by atoms with van der Waals surface area (Å²) in [6.45, 7) is 10.3. The number of nitrogens with zero attached hydrogens (tertiary/aromatic N) is 2. The van der Waals surface area contributed by atoms with Crippen molar-refractivity contribution in [3.63, 3.8) is 0 Å². The lowest BCUT2D eigenvalue weighted by Crippen LogP contribution is -2.36. The van der Waals surface area contributed by atoms with E-state index in [0.29, 0.717) is 24.8 Å². The lowest BCUT2D eigenvalue weighted by atomic mass is 10.1. The van der Waals surface area contributed by atoms with Crippen molar-refractivity contribution in [2.45, 2.75) is 52.7 Å². The summed E-state index contributed by atoms with van der Waals surface area (Å²) in [4.78, 5) is 30.3. The molecule has 0 spiro atoms. The normalized spacial score (nSPS) is 21.3. The van der Waals surface area contributed by atoms with Gasteiger partial charge in [0.2, 0.25) is 0 Å². The second-order valence-electron chi connectivity index (χ2n) is 6.78. The van der Waals surface area contributed by atoms with Gasteiger partial charge < -0.3 is 9.47 Å². The monoisotopic (exact) mass is 340 g/mol. The van der Waals surface area contributed by atoms with Gasteiger partial charge in [0.25, 0.3) is 0 Å². The van der Waals surface area contributed by atoms with Crippen molar-refractivity contribution in [3.8, 4) is 0 Å². The van der Waals surface area contributed by atoms with Crippen LogP contribution in [0.25, 0.3) is 0 Å². The molecule has 1 amide bonds. The zero-order valence-electron chi connectivity index (χ0n) is 14.3. The van der Waals surface area contributed by atoms with E-state index in [4.69, 9.17) is 9.47 Å². The third kappa shape index (κ3) is 4.43. The number of hydrogen-bond donors (Lipinski definition) is 0. The van der Waals surface area contributed by atoms with Crippen LogP contribution in [0.1, 0.15) is 62.6 Å². The van der Waals surface area contributed by atoms with Crippen LogP contribution >= 0.6 is 11.3 Å². The van der Waals surface area contributed by atoms with Crippen LogP contribution in [0.15, 0.2) is 5.38 Å². The molecule has 1 aliphatic rings. The fraction of sp³-hybridized carbons (Fsp3) is 0.688. The van der Waals surface area contributed by atoms with E-state index in [1.54, 1.807) is 17.2 Å². The fourth-order valence-corrected chi connectivity index (χ4v) is 3.45. The summed E-state index contributed by atoms with van der Waals surface area (Å²) in [5.74, 6) is -0.0627. The number of thiazole rings is 1. The highest BCUT2D eigenvalue weighted by Crippen LogP contribution is 2.37. The van der Waals surface area contributed by atoms with E-state index in [1.807, 2.05) is 20.8 Å². The number of aromatic nitrogens is 1. The van der Waals surface area contributed by atoms with Gasteiger partial charge in [-0.15, -0.1) is 11.3 Å². The molecule has 0 saturated carbocycles. The molecule has 0 aliphatic carbocycles. The summed E-state index contributed by atoms with van der Waals surface area (Å²) in [5.41, 5.74) is -0.234. The minimum Gasteiger partial charge on any atom is -0.461 e. The number of carbonyl (C=O) groups excluding carboxylic acids is 2. The quantitative estimate of drug-likeness (QED) is 0.786. The molecule has 1 saturated heterocycles. The second kappa shape index (κ2) is 6.86. The standard InChI is InChI=1S/C16H24N2O4S/c1-6-21-14(19)11-9-23-13(17-11)12-7-10(2)8-18(12)15(20)22-16(3,4)5/h9-10,12H,6-8H2,1-5H3/t10-,12-/m0/s1. The zero-order chi connectivity index (χ0) is 17.2. The van der Waals surface area contributed by atoms with Crippen molar-refractivity contribution in [1.82, 2.24) is 9.88 Å². The van der Waals surface area contributed by atoms with Crippen molar-refractivity contribution >= 4 is 23.4 Å². The second-order valence-corrected chi connectivity index (χ2v) is 7.67. The molecule has 23 heavy (non-hydrogen) atoms. The Bertz CT molecular complexity index is 579. The molecule has 1 aromatic rings. The number of hydrogen-bond acceptors (Lipinski definition) is 6. The van der Waals surface area contributed by atoms with Crippen LogP contribution in [-0.2, 0) is 9.47 Å². The van der Waals surface area contributed by atoms with Gasteiger partial charge in [0.1, 0.15) is 10.6 Å². The lowest BCUT2D eigenvalue weighted by Gasteiger charge is -2.27. The Morgan fingerprint density at radius 1 is 1.43 bits per heavy atom. The Kier molecular flexibility index (Phi) is 5.29. The number of rotatable bonds is 3. The summed E-state index contributed by atoms with van der Waals surface area (Å²) in [6, 6.07) is -0.145. The SMILES string of the molecule is CCOC(=O)c1csc([C@@H]2C[C@H](C)CN2C(=O)OC(C)(C)C)n1. The van der Waals surface area contributed by atoms with Crippen molar-refractivity contribution in [3.05, 3.63) is 16.1 Å². The van der Waals surface area contributed by atoms with Gasteiger partial charge in [-0.2, -0.15) is 0 Å². The van der Waals surface area contributed by atoms with Crippen molar-refractivity contribution in [2.75, 3.05) is 13.2 Å². The van der Waals surface area contributed by atoms with Crippen LogP contribution in [0.2, 0.25) is 0 Å². The van der Waals surface area contributed by atoms with Crippen LogP contribution < -0.4 is 0 Å². The van der Waals surface area contributed by atoms with Gasteiger partial charge in [0.05, 0.1) is 12.6 Å². The van der Waals surface area contributed by atoms with Gasteiger partial charge in [-0.25, -0.2) is 14.6 Å². The molecule has 1 fully saturated rings. The third-order valence-corrected chi connectivity index (χ3v) is 4.38. The molecular formula is C16H24N2O4S. The van der Waals surface area contributed by atoms with Crippen molar-refractivity contribution in [2.24, 2.45) is 5.92 Å². The summed E-state index contributed by atoms with van der Waals surface area (Å²) in [6.07, 6.45) is 0.481. The predicted octanol–water partition coefficient (Wildman–Crippen LogP) is 3.64. The molecule has 1 aromatic heterocycles. The summed E-state index contributed by atoms with van der Waals surface area (Å²) >= 11 is 1.38. The molecule has 0 N–H and O–H groups in total. The number of amides is 1. The topological polar surface area (TPSA) is 68.7 Å². The molecule has 0 radical (unpaired) electrons. The molecule has 6 nitrogen and oxygen atoms in total. The van der Waals surface area contributed by atoms with Gasteiger partial charge in [-0.1, -0.05) is 6.92 Å². The zero-order valence-corrected chi connectivity index (χ0v) is 15.1. The third-order valence-electron chi connectivity index (χ3n) is 3.43. The summed E-state index contributed by atoms with van der Waals surface area (Å²) in [5, 5.41) is 2.44. The summed E-state index contributed by atoms with van der Waals surface area (Å²) < 4.78 is 10.5. The fourth-order valence-electron chi connectivity index (χ4n) is 2.54. The van der Waals surface area contributed by atoms with E-state index in [9.17, 15) is 9.59 Å². The maximum Gasteiger partial charge on any atom is 0.410 e. The van der Waals surface area contributed by atoms with E-state index in [0.717, 1.165) is 11.4 Å². The largest absolute Gasteiger partial charge is 0.461 e. The minimum atomic E-state index is -0.535. The lowest BCUT2D eigenvalue weighted by molar-refractivity contribution is 0.0220. The number of ether oxygens (including phenoxy) is 2. The maximum atomic E-state index is 12.4. The van der Waals surface area contributed by atoms with Gasteiger partial charge >= 0.3 is 12.1 Å². The molecule has 2 heterocycles. The first-order valence-corrected chi connectivity index (χ1v) is 8.71. The molecule has 0 aromatic carbocycles. The highest BCUT2D eigenvalue weighted by Gasteiger charge is 2.38. The molecule has 1 aliphatic heterocycles. The Labute approximate surface area is 140 Å². The molecule has 2 atom stereocenters. The highest BCUT2D eigenvalue weighted by atomic mass is 32.1. The van der Waals surface area contributed by atoms with Gasteiger partial charge in [0, 0.05) is 11.9 Å². The van der Waals surface area contributed by atoms with E-state index >= 15 is 0 Å². The first-order valence-electron chi connectivity index (χ1n) is 7.83. The maximum absolute atomic E-state index is 12.4. The number of esters is 1. The Hall–Kier alpha value is -1.63. The molecule has 7 heteroatoms. The van der Waals surface area contributed by atoms with Crippen molar-refractivity contribution in [1.29, 1.82) is 0 Å². The van der Waals surface area contributed by atoms with E-state index < -0.39 is 11.6 Å². The smallest absolute Gasteiger partial charge is 0.410 e. The first kappa shape index (κ1) is 17.7. The Balaban J connectivity index is 2.16. The van der Waals surface area contributed by atoms with E-state index in [1.165, 1.54) is 11.3 Å². The van der Waals surface area contributed by atoms with E-state index in [-0.39, 0.29) is 12.1 Å². The van der Waals surface area contributed by atoms with E-state index in [2.05, 4.69) is 11.9 Å². The number of carbonyl (C=O) groups is 2. The van der Waals surface area contributed by atoms with Crippen molar-refractivity contribution < 1.29 is 19.1 Å². The Morgan fingerprint density at radius 2 is 2.13 bits per heavy atom. The molecule has 2 rings (SSSR count). The minimum absolute atomic E-state index is 0.145. The van der Waals surface area contributed by atoms with Gasteiger partial charge in [0.15, 0.2) is 5.69 Å². The Morgan fingerprint density at radius 3 is 2.74 bits per heavy atom. The van der Waals surface area contributed by atoms with Crippen LogP contribution in [0.5, 0.6) is 0 Å². The average Bonchev–Trinajstić information content (AvgIpc) is 3.03. The summed E-state index contributed by atoms with van der Waals surface area (Å²) in [7, 11) is 0. The average molecular weight is 340 g/mol. The highest BCUT2D eigenvalue weighted by molar-refractivity contribution is 7.09. The van der Waals surface area contributed by atoms with Gasteiger partial charge in [-0.3, -0.25) is 4.90 Å². The van der Waals surface area contributed by atoms with Gasteiger partial charge in [-0.05, 0) is 40.0 Å². The molecule has 128 valence electrons. The van der Waals surface area contributed by atoms with Crippen LogP contribution in [-0.4, -0.2) is 40.7 Å².